The van der Waals surface area contributed by atoms with Crippen LogP contribution < -0.4 is 24.8 Å². The summed E-state index contributed by atoms with van der Waals surface area (Å²) in [5.41, 5.74) is 3.37. The van der Waals surface area contributed by atoms with Crippen molar-refractivity contribution >= 4 is 11.8 Å². The summed E-state index contributed by atoms with van der Waals surface area (Å²) in [6.07, 6.45) is 1.67. The van der Waals surface area contributed by atoms with Gasteiger partial charge in [0.2, 0.25) is 5.88 Å². The molecule has 8 nitrogen and oxygen atoms in total. The third-order valence-electron chi connectivity index (χ3n) is 5.04. The molecule has 0 aliphatic heterocycles. The molecule has 0 aliphatic carbocycles. The number of hydrogen-bond acceptors (Lipinski definition) is 6. The van der Waals surface area contributed by atoms with Crippen molar-refractivity contribution in [1.29, 1.82) is 0 Å². The van der Waals surface area contributed by atoms with E-state index in [9.17, 15) is 9.59 Å². The van der Waals surface area contributed by atoms with Crippen molar-refractivity contribution in [3.05, 3.63) is 77.0 Å². The monoisotopic (exact) mass is 477 g/mol. The molecule has 2 N–H and O–H groups in total. The Bertz CT molecular complexity index is 1180. The topological polar surface area (TPSA) is 98.8 Å². The van der Waals surface area contributed by atoms with Gasteiger partial charge >= 0.3 is 0 Å². The van der Waals surface area contributed by atoms with Crippen molar-refractivity contribution < 1.29 is 23.8 Å². The lowest BCUT2D eigenvalue weighted by Gasteiger charge is -2.13. The molecule has 0 atom stereocenters. The van der Waals surface area contributed by atoms with Gasteiger partial charge in [-0.05, 0) is 68.7 Å². The summed E-state index contributed by atoms with van der Waals surface area (Å²) >= 11 is 0. The molecule has 3 aromatic rings. The predicted octanol–water partition coefficient (Wildman–Crippen LogP) is 4.33. The first-order valence-corrected chi connectivity index (χ1v) is 11.3. The summed E-state index contributed by atoms with van der Waals surface area (Å²) < 4.78 is 16.7. The maximum atomic E-state index is 12.6. The fourth-order valence-electron chi connectivity index (χ4n) is 3.23. The van der Waals surface area contributed by atoms with E-state index in [1.807, 2.05) is 52.0 Å². The van der Waals surface area contributed by atoms with Crippen LogP contribution in [0, 0.1) is 13.8 Å². The van der Waals surface area contributed by atoms with Gasteiger partial charge in [-0.2, -0.15) is 0 Å². The van der Waals surface area contributed by atoms with Crippen molar-refractivity contribution in [2.45, 2.75) is 40.3 Å². The van der Waals surface area contributed by atoms with Crippen LogP contribution in [0.2, 0.25) is 0 Å². The number of pyridine rings is 1. The summed E-state index contributed by atoms with van der Waals surface area (Å²) in [5.74, 6) is 1.49. The van der Waals surface area contributed by atoms with E-state index in [4.69, 9.17) is 14.2 Å². The largest absolute Gasteiger partial charge is 0.493 e. The predicted molar refractivity (Wildman–Crippen MR) is 133 cm³/mol. The van der Waals surface area contributed by atoms with E-state index < -0.39 is 0 Å². The highest BCUT2D eigenvalue weighted by atomic mass is 16.5. The zero-order valence-corrected chi connectivity index (χ0v) is 20.7. The molecule has 3 rings (SSSR count). The second-order valence-corrected chi connectivity index (χ2v) is 8.43. The molecule has 2 amide bonds. The van der Waals surface area contributed by atoms with Crippen LogP contribution in [0.3, 0.4) is 0 Å². The molecule has 1 heterocycles. The molecular formula is C27H31N3O5. The van der Waals surface area contributed by atoms with Gasteiger partial charge in [0.15, 0.2) is 18.1 Å². The highest BCUT2D eigenvalue weighted by Gasteiger charge is 2.13. The summed E-state index contributed by atoms with van der Waals surface area (Å²) in [6.45, 7) is 7.89. The number of carbonyl (C=O) groups excluding carboxylic acids is 2. The molecule has 0 radical (unpaired) electrons. The van der Waals surface area contributed by atoms with Crippen LogP contribution in [-0.4, -0.2) is 36.6 Å². The number of ether oxygens (including phenoxy) is 3. The van der Waals surface area contributed by atoms with Gasteiger partial charge < -0.3 is 24.8 Å². The zero-order valence-electron chi connectivity index (χ0n) is 20.7. The minimum absolute atomic E-state index is 0.0234. The van der Waals surface area contributed by atoms with Crippen molar-refractivity contribution in [1.82, 2.24) is 15.6 Å². The smallest absolute Gasteiger partial charge is 0.258 e. The number of nitrogens with one attached hydrogen (secondary N) is 2. The maximum Gasteiger partial charge on any atom is 0.258 e. The number of aryl methyl sites for hydroxylation is 2. The van der Waals surface area contributed by atoms with E-state index in [-0.39, 0.29) is 24.5 Å². The summed E-state index contributed by atoms with van der Waals surface area (Å²) in [5, 5.41) is 5.61. The molecule has 0 spiro atoms. The Labute approximate surface area is 205 Å². The van der Waals surface area contributed by atoms with E-state index in [1.54, 1.807) is 30.5 Å². The Hall–Kier alpha value is -4.07. The molecule has 1 aromatic heterocycles. The number of nitrogens with zero attached hydrogens (tertiary/aromatic N) is 1. The lowest BCUT2D eigenvalue weighted by molar-refractivity contribution is -0.123. The van der Waals surface area contributed by atoms with Crippen LogP contribution in [0.15, 0.2) is 54.7 Å². The third-order valence-corrected chi connectivity index (χ3v) is 5.04. The van der Waals surface area contributed by atoms with Crippen molar-refractivity contribution in [2.24, 2.45) is 0 Å². The maximum absolute atomic E-state index is 12.6. The molecule has 0 fully saturated rings. The van der Waals surface area contributed by atoms with Crippen molar-refractivity contribution in [2.75, 3.05) is 13.7 Å². The number of carbonyl (C=O) groups is 2. The first-order valence-electron chi connectivity index (χ1n) is 11.3. The Kier molecular flexibility index (Phi) is 8.67. The fraction of sp³-hybridized carbons (Fsp3) is 0.296. The second-order valence-electron chi connectivity index (χ2n) is 8.43. The molecule has 0 bridgehead atoms. The molecule has 0 saturated carbocycles. The number of rotatable bonds is 10. The van der Waals surface area contributed by atoms with Crippen LogP contribution in [0.25, 0.3) is 0 Å². The number of hydrogen-bond donors (Lipinski definition) is 2. The minimum atomic E-state index is -0.275. The van der Waals surface area contributed by atoms with E-state index in [2.05, 4.69) is 15.6 Å². The molecule has 0 saturated heterocycles. The highest BCUT2D eigenvalue weighted by molar-refractivity contribution is 5.94. The molecule has 8 heteroatoms. The van der Waals surface area contributed by atoms with Gasteiger partial charge in [0.05, 0.1) is 7.11 Å². The highest BCUT2D eigenvalue weighted by Crippen LogP contribution is 2.28. The van der Waals surface area contributed by atoms with Crippen molar-refractivity contribution in [3.8, 4) is 23.1 Å². The summed E-state index contributed by atoms with van der Waals surface area (Å²) in [4.78, 5) is 28.8. The van der Waals surface area contributed by atoms with Gasteiger partial charge in [-0.1, -0.05) is 18.2 Å². The Morgan fingerprint density at radius 3 is 2.46 bits per heavy atom. The van der Waals surface area contributed by atoms with Crippen molar-refractivity contribution in [3.63, 3.8) is 0 Å². The lowest BCUT2D eigenvalue weighted by Crippen LogP contribution is -2.34. The van der Waals surface area contributed by atoms with E-state index in [1.165, 1.54) is 7.11 Å². The van der Waals surface area contributed by atoms with Crippen LogP contribution in [-0.2, 0) is 11.3 Å². The normalized spacial score (nSPS) is 10.6. The lowest BCUT2D eigenvalue weighted by atomic mass is 10.1. The Morgan fingerprint density at radius 2 is 1.77 bits per heavy atom. The number of aromatic nitrogens is 1. The number of benzene rings is 2. The summed E-state index contributed by atoms with van der Waals surface area (Å²) in [7, 11) is 1.48. The molecule has 184 valence electrons. The first kappa shape index (κ1) is 25.6. The average molecular weight is 478 g/mol. The van der Waals surface area contributed by atoms with E-state index in [0.29, 0.717) is 29.5 Å². The molecular weight excluding hydrogens is 446 g/mol. The molecule has 0 unspecified atom stereocenters. The fourth-order valence-corrected chi connectivity index (χ4v) is 3.23. The number of amides is 2. The van der Waals surface area contributed by atoms with Gasteiger partial charge in [0.25, 0.3) is 11.8 Å². The van der Waals surface area contributed by atoms with Gasteiger partial charge in [-0.3, -0.25) is 9.59 Å². The minimum Gasteiger partial charge on any atom is -0.493 e. The summed E-state index contributed by atoms with van der Waals surface area (Å²) in [6, 6.07) is 14.5. The van der Waals surface area contributed by atoms with Crippen LogP contribution in [0.1, 0.15) is 40.9 Å². The standard InChI is InChI=1S/C27H31N3O5/c1-17(2)30-25(31)16-34-22-10-9-21(13-24(22)33-5)27(32)29-15-20-8-11-26(28-14-20)35-23-12-18(3)6-7-19(23)4/h6-14,17H,15-16H2,1-5H3,(H,29,32)(H,30,31). The molecule has 2 aromatic carbocycles. The van der Waals surface area contributed by atoms with Gasteiger partial charge in [-0.25, -0.2) is 4.98 Å². The first-order chi connectivity index (χ1) is 16.7. The van der Waals surface area contributed by atoms with E-state index >= 15 is 0 Å². The van der Waals surface area contributed by atoms with Crippen LogP contribution >= 0.6 is 0 Å². The zero-order chi connectivity index (χ0) is 25.4. The Morgan fingerprint density at radius 1 is 0.971 bits per heavy atom. The Balaban J connectivity index is 1.56. The van der Waals surface area contributed by atoms with E-state index in [0.717, 1.165) is 22.4 Å². The third kappa shape index (κ3) is 7.46. The van der Waals surface area contributed by atoms with Gasteiger partial charge in [0.1, 0.15) is 5.75 Å². The average Bonchev–Trinajstić information content (AvgIpc) is 2.83. The SMILES string of the molecule is COc1cc(C(=O)NCc2ccc(Oc3cc(C)ccc3C)nc2)ccc1OCC(=O)NC(C)C. The van der Waals surface area contributed by atoms with Gasteiger partial charge in [0, 0.05) is 30.4 Å². The molecule has 35 heavy (non-hydrogen) atoms. The van der Waals surface area contributed by atoms with Crippen LogP contribution in [0.4, 0.5) is 0 Å². The number of methoxy groups -OCH3 is 1. The quantitative estimate of drug-likeness (QED) is 0.451. The van der Waals surface area contributed by atoms with Crippen LogP contribution in [0.5, 0.6) is 23.1 Å². The second kappa shape index (κ2) is 11.9. The van der Waals surface area contributed by atoms with Gasteiger partial charge in [-0.15, -0.1) is 0 Å². The molecule has 0 aliphatic rings.